The van der Waals surface area contributed by atoms with Crippen LogP contribution in [0, 0.1) is 0 Å². The summed E-state index contributed by atoms with van der Waals surface area (Å²) in [6.07, 6.45) is 1.17. The van der Waals surface area contributed by atoms with Crippen molar-refractivity contribution in [2.75, 3.05) is 32.7 Å². The molecule has 0 spiro atoms. The molecule has 5 rings (SSSR count). The molecule has 0 bridgehead atoms. The highest BCUT2D eigenvalue weighted by Gasteiger charge is 2.32. The zero-order chi connectivity index (χ0) is 23.7. The van der Waals surface area contributed by atoms with Crippen LogP contribution in [-0.2, 0) is 27.8 Å². The van der Waals surface area contributed by atoms with Crippen LogP contribution in [0.25, 0.3) is 0 Å². The topological polar surface area (TPSA) is 118 Å². The van der Waals surface area contributed by atoms with E-state index in [1.165, 1.54) is 4.31 Å². The largest absolute Gasteiger partial charge is 0.497 e. The summed E-state index contributed by atoms with van der Waals surface area (Å²) in [6.45, 7) is 1.02. The molecule has 3 heterocycles. The van der Waals surface area contributed by atoms with Crippen molar-refractivity contribution in [3.63, 3.8) is 0 Å². The Hall–Kier alpha value is -2.86. The molecule has 3 aliphatic rings. The van der Waals surface area contributed by atoms with E-state index in [-0.39, 0.29) is 31.0 Å². The molecule has 2 unspecified atom stereocenters. The molecule has 11 heteroatoms. The molecule has 3 N–H and O–H groups in total. The Labute approximate surface area is 198 Å². The van der Waals surface area contributed by atoms with E-state index in [1.54, 1.807) is 7.11 Å². The number of hydrazine groups is 1. The molecule has 0 radical (unpaired) electrons. The van der Waals surface area contributed by atoms with Crippen LogP contribution in [0.2, 0.25) is 0 Å². The van der Waals surface area contributed by atoms with Gasteiger partial charge in [0.05, 0.1) is 12.9 Å². The van der Waals surface area contributed by atoms with Crippen LogP contribution >= 0.6 is 0 Å². The molecule has 2 aromatic rings. The van der Waals surface area contributed by atoms with Gasteiger partial charge in [0.25, 0.3) is 0 Å². The normalized spacial score (nSPS) is 21.8. The SMILES string of the molecule is COc1ccc2c(c1)CCN(S(=O)(=O)CCNC(=O)C1CC(c3ccc4c(c3)OCO4)NN1)C2. The molecule has 34 heavy (non-hydrogen) atoms. The van der Waals surface area contributed by atoms with Crippen molar-refractivity contribution < 1.29 is 27.4 Å². The number of rotatable bonds is 7. The lowest BCUT2D eigenvalue weighted by molar-refractivity contribution is -0.122. The van der Waals surface area contributed by atoms with Crippen molar-refractivity contribution in [2.45, 2.75) is 31.5 Å². The smallest absolute Gasteiger partial charge is 0.238 e. The second-order valence-electron chi connectivity index (χ2n) is 8.57. The summed E-state index contributed by atoms with van der Waals surface area (Å²) in [5, 5.41) is 2.76. The number of methoxy groups -OCH3 is 1. The molecule has 2 aromatic carbocycles. The molecule has 0 aromatic heterocycles. The minimum Gasteiger partial charge on any atom is -0.497 e. The molecule has 0 aliphatic carbocycles. The summed E-state index contributed by atoms with van der Waals surface area (Å²) < 4.78 is 43.2. The number of ether oxygens (including phenoxy) is 3. The summed E-state index contributed by atoms with van der Waals surface area (Å²) in [5.74, 6) is 1.80. The van der Waals surface area contributed by atoms with E-state index < -0.39 is 16.1 Å². The fraction of sp³-hybridized carbons (Fsp3) is 0.435. The van der Waals surface area contributed by atoms with Gasteiger partial charge in [-0.25, -0.2) is 19.3 Å². The first-order valence-electron chi connectivity index (χ1n) is 11.2. The Bertz CT molecular complexity index is 1190. The minimum absolute atomic E-state index is 0.0556. The monoisotopic (exact) mass is 488 g/mol. The van der Waals surface area contributed by atoms with Gasteiger partial charge < -0.3 is 19.5 Å². The lowest BCUT2D eigenvalue weighted by atomic mass is 10.0. The number of amides is 1. The van der Waals surface area contributed by atoms with Crippen molar-refractivity contribution >= 4 is 15.9 Å². The highest BCUT2D eigenvalue weighted by atomic mass is 32.2. The maximum absolute atomic E-state index is 12.9. The molecule has 1 amide bonds. The van der Waals surface area contributed by atoms with Crippen molar-refractivity contribution in [3.8, 4) is 17.2 Å². The summed E-state index contributed by atoms with van der Waals surface area (Å²) in [4.78, 5) is 12.6. The van der Waals surface area contributed by atoms with Gasteiger partial charge in [0.15, 0.2) is 11.5 Å². The van der Waals surface area contributed by atoms with E-state index in [0.717, 1.165) is 22.4 Å². The maximum Gasteiger partial charge on any atom is 0.238 e. The van der Waals surface area contributed by atoms with Gasteiger partial charge in [0.2, 0.25) is 22.7 Å². The van der Waals surface area contributed by atoms with Crippen LogP contribution in [0.3, 0.4) is 0 Å². The third-order valence-electron chi connectivity index (χ3n) is 6.46. The fourth-order valence-corrected chi connectivity index (χ4v) is 5.82. The molecular weight excluding hydrogens is 460 g/mol. The Morgan fingerprint density at radius 3 is 2.85 bits per heavy atom. The predicted octanol–water partition coefficient (Wildman–Crippen LogP) is 0.836. The quantitative estimate of drug-likeness (QED) is 0.525. The first-order chi connectivity index (χ1) is 16.4. The number of hydrogen-bond acceptors (Lipinski definition) is 8. The Morgan fingerprint density at radius 2 is 2.00 bits per heavy atom. The fourth-order valence-electron chi connectivity index (χ4n) is 4.50. The van der Waals surface area contributed by atoms with Crippen molar-refractivity contribution in [1.82, 2.24) is 20.5 Å². The van der Waals surface area contributed by atoms with Crippen LogP contribution in [0.4, 0.5) is 0 Å². The molecule has 0 saturated carbocycles. The van der Waals surface area contributed by atoms with E-state index in [2.05, 4.69) is 16.2 Å². The molecule has 10 nitrogen and oxygen atoms in total. The van der Waals surface area contributed by atoms with Gasteiger partial charge in [-0.2, -0.15) is 4.31 Å². The van der Waals surface area contributed by atoms with E-state index in [1.807, 2.05) is 36.4 Å². The summed E-state index contributed by atoms with van der Waals surface area (Å²) in [5.41, 5.74) is 9.20. The highest BCUT2D eigenvalue weighted by Crippen LogP contribution is 2.35. The van der Waals surface area contributed by atoms with Gasteiger partial charge in [-0.1, -0.05) is 12.1 Å². The van der Waals surface area contributed by atoms with Crippen LogP contribution in [0.1, 0.15) is 29.2 Å². The number of carbonyl (C=O) groups excluding carboxylic acids is 1. The van der Waals surface area contributed by atoms with E-state index in [0.29, 0.717) is 37.4 Å². The Morgan fingerprint density at radius 1 is 1.15 bits per heavy atom. The zero-order valence-electron chi connectivity index (χ0n) is 18.9. The van der Waals surface area contributed by atoms with Gasteiger partial charge in [0, 0.05) is 25.7 Å². The van der Waals surface area contributed by atoms with Gasteiger partial charge >= 0.3 is 0 Å². The molecular formula is C23H28N4O6S. The number of hydrogen-bond donors (Lipinski definition) is 3. The van der Waals surface area contributed by atoms with E-state index in [9.17, 15) is 13.2 Å². The maximum atomic E-state index is 12.9. The highest BCUT2D eigenvalue weighted by molar-refractivity contribution is 7.89. The summed E-state index contributed by atoms with van der Waals surface area (Å²) in [7, 11) is -1.88. The third-order valence-corrected chi connectivity index (χ3v) is 8.28. The van der Waals surface area contributed by atoms with Gasteiger partial charge in [-0.05, 0) is 53.8 Å². The van der Waals surface area contributed by atoms with Crippen LogP contribution in [-0.4, -0.2) is 57.4 Å². The number of fused-ring (bicyclic) bond motifs is 2. The Kier molecular flexibility index (Phi) is 6.34. The Balaban J connectivity index is 1.11. The second kappa shape index (κ2) is 9.41. The number of nitrogens with one attached hydrogen (secondary N) is 3. The van der Waals surface area contributed by atoms with Crippen LogP contribution in [0.15, 0.2) is 36.4 Å². The first-order valence-corrected chi connectivity index (χ1v) is 12.9. The summed E-state index contributed by atoms with van der Waals surface area (Å²) in [6, 6.07) is 10.9. The average molecular weight is 489 g/mol. The number of benzene rings is 2. The van der Waals surface area contributed by atoms with Crippen LogP contribution < -0.4 is 30.4 Å². The lowest BCUT2D eigenvalue weighted by Gasteiger charge is -2.28. The van der Waals surface area contributed by atoms with E-state index in [4.69, 9.17) is 14.2 Å². The molecule has 1 fully saturated rings. The zero-order valence-corrected chi connectivity index (χ0v) is 19.7. The van der Waals surface area contributed by atoms with Crippen LogP contribution in [0.5, 0.6) is 17.2 Å². The van der Waals surface area contributed by atoms with Gasteiger partial charge in [-0.15, -0.1) is 0 Å². The minimum atomic E-state index is -3.49. The van der Waals surface area contributed by atoms with E-state index >= 15 is 0 Å². The molecule has 1 saturated heterocycles. The number of sulfonamides is 1. The van der Waals surface area contributed by atoms with Gasteiger partial charge in [0.1, 0.15) is 11.8 Å². The average Bonchev–Trinajstić information content (AvgIpc) is 3.52. The van der Waals surface area contributed by atoms with Crippen molar-refractivity contribution in [3.05, 3.63) is 53.1 Å². The molecule has 182 valence electrons. The standard InChI is InChI=1S/C23H28N4O6S/c1-31-18-4-2-17-13-27(8-6-15(17)10-18)34(29,30)9-7-24-23(28)20-12-19(25-26-20)16-3-5-21-22(11-16)33-14-32-21/h2-5,10-11,19-20,25-26H,6-9,12-14H2,1H3,(H,24,28). The molecule has 3 aliphatic heterocycles. The predicted molar refractivity (Wildman–Crippen MR) is 124 cm³/mol. The number of carbonyl (C=O) groups is 1. The van der Waals surface area contributed by atoms with Gasteiger partial charge in [-0.3, -0.25) is 4.79 Å². The molecule has 2 atom stereocenters. The first kappa shape index (κ1) is 22.9. The van der Waals surface area contributed by atoms with Crippen molar-refractivity contribution in [1.29, 1.82) is 0 Å². The second-order valence-corrected chi connectivity index (χ2v) is 10.7. The van der Waals surface area contributed by atoms with Crippen molar-refractivity contribution in [2.24, 2.45) is 0 Å². The third kappa shape index (κ3) is 4.69. The summed E-state index contributed by atoms with van der Waals surface area (Å²) >= 11 is 0. The number of nitrogens with zero attached hydrogens (tertiary/aromatic N) is 1. The lowest BCUT2D eigenvalue weighted by Crippen LogP contribution is -2.45.